The summed E-state index contributed by atoms with van der Waals surface area (Å²) in [5.74, 6) is -0.378. The molecule has 0 spiro atoms. The molecule has 0 saturated carbocycles. The molecule has 2 heterocycles. The molecule has 1 unspecified atom stereocenters. The predicted octanol–water partition coefficient (Wildman–Crippen LogP) is -0.225. The van der Waals surface area contributed by atoms with E-state index >= 15 is 0 Å². The van der Waals surface area contributed by atoms with Crippen molar-refractivity contribution in [3.8, 4) is 0 Å². The highest BCUT2D eigenvalue weighted by Gasteiger charge is 2.28. The molecule has 3 N–H and O–H groups in total. The van der Waals surface area contributed by atoms with E-state index in [1.165, 1.54) is 5.69 Å². The lowest BCUT2D eigenvalue weighted by atomic mass is 10.1. The molecule has 1 aliphatic heterocycles. The molecule has 6 nitrogen and oxygen atoms in total. The Morgan fingerprint density at radius 2 is 2.16 bits per heavy atom. The fourth-order valence-electron chi connectivity index (χ4n) is 2.51. The minimum absolute atomic E-state index is 0.0140. The summed E-state index contributed by atoms with van der Waals surface area (Å²) in [6.07, 6.45) is 0. The van der Waals surface area contributed by atoms with Crippen LogP contribution in [0.2, 0.25) is 0 Å². The number of amides is 2. The van der Waals surface area contributed by atoms with Gasteiger partial charge in [-0.15, -0.1) is 0 Å². The van der Waals surface area contributed by atoms with Crippen molar-refractivity contribution >= 4 is 11.8 Å². The largest absolute Gasteiger partial charge is 0.346 e. The molecular formula is C13H20N4O2. The summed E-state index contributed by atoms with van der Waals surface area (Å²) in [7, 11) is 0. The van der Waals surface area contributed by atoms with E-state index in [-0.39, 0.29) is 30.9 Å². The fourth-order valence-corrected chi connectivity index (χ4v) is 2.51. The molecule has 2 amide bonds. The number of nitrogens with two attached hydrogens (primary N) is 1. The van der Waals surface area contributed by atoms with Crippen molar-refractivity contribution in [3.05, 3.63) is 23.5 Å². The average molecular weight is 264 g/mol. The molecule has 0 bridgehead atoms. The number of carbonyl (C=O) groups excluding carboxylic acids is 2. The summed E-state index contributed by atoms with van der Waals surface area (Å²) < 4.78 is 2.23. The molecule has 0 aromatic carbocycles. The lowest BCUT2D eigenvalue weighted by molar-refractivity contribution is -0.135. The normalized spacial score (nSPS) is 18.1. The van der Waals surface area contributed by atoms with Crippen molar-refractivity contribution in [2.45, 2.75) is 26.4 Å². The van der Waals surface area contributed by atoms with Crippen LogP contribution >= 0.6 is 0 Å². The van der Waals surface area contributed by atoms with Gasteiger partial charge in [-0.25, -0.2) is 0 Å². The number of nitrogens with one attached hydrogen (secondary N) is 1. The van der Waals surface area contributed by atoms with Gasteiger partial charge in [-0.05, 0) is 26.0 Å². The number of hydrogen-bond donors (Lipinski definition) is 2. The van der Waals surface area contributed by atoms with Crippen LogP contribution in [0.4, 0.5) is 0 Å². The Labute approximate surface area is 112 Å². The van der Waals surface area contributed by atoms with Gasteiger partial charge in [0.25, 0.3) is 0 Å². The molecule has 104 valence electrons. The zero-order valence-corrected chi connectivity index (χ0v) is 11.3. The number of aryl methyl sites for hydroxylation is 1. The van der Waals surface area contributed by atoms with E-state index in [0.717, 1.165) is 12.2 Å². The molecule has 2 rings (SSSR count). The zero-order chi connectivity index (χ0) is 14.0. The highest BCUT2D eigenvalue weighted by Crippen LogP contribution is 2.26. The molecule has 6 heteroatoms. The summed E-state index contributed by atoms with van der Waals surface area (Å²) in [6.45, 7) is 5.46. The van der Waals surface area contributed by atoms with E-state index in [0.29, 0.717) is 6.54 Å². The molecule has 1 aromatic heterocycles. The second kappa shape index (κ2) is 5.44. The van der Waals surface area contributed by atoms with Gasteiger partial charge >= 0.3 is 0 Å². The van der Waals surface area contributed by atoms with Crippen LogP contribution < -0.4 is 11.1 Å². The number of rotatable bonds is 3. The Morgan fingerprint density at radius 3 is 2.84 bits per heavy atom. The first kappa shape index (κ1) is 13.6. The maximum absolute atomic E-state index is 12.1. The third-order valence-electron chi connectivity index (χ3n) is 3.64. The van der Waals surface area contributed by atoms with Crippen molar-refractivity contribution < 1.29 is 9.59 Å². The van der Waals surface area contributed by atoms with Crippen LogP contribution in [0.1, 0.15) is 24.4 Å². The Kier molecular flexibility index (Phi) is 3.90. The second-order valence-electron chi connectivity index (χ2n) is 4.80. The van der Waals surface area contributed by atoms with E-state index in [1.807, 2.05) is 6.92 Å². The van der Waals surface area contributed by atoms with Crippen LogP contribution in [0.25, 0.3) is 0 Å². The summed E-state index contributed by atoms with van der Waals surface area (Å²) in [4.78, 5) is 25.0. The van der Waals surface area contributed by atoms with Crippen molar-refractivity contribution in [2.24, 2.45) is 5.73 Å². The molecule has 0 radical (unpaired) electrons. The number of nitrogens with zero attached hydrogens (tertiary/aromatic N) is 2. The predicted molar refractivity (Wildman–Crippen MR) is 71.4 cm³/mol. The lowest BCUT2D eigenvalue weighted by Crippen LogP contribution is -2.46. The van der Waals surface area contributed by atoms with Crippen LogP contribution in [0.3, 0.4) is 0 Å². The van der Waals surface area contributed by atoms with Gasteiger partial charge in [0.2, 0.25) is 11.8 Å². The van der Waals surface area contributed by atoms with Gasteiger partial charge in [-0.3, -0.25) is 9.59 Å². The molecular weight excluding hydrogens is 244 g/mol. The minimum atomic E-state index is -0.308. The van der Waals surface area contributed by atoms with Gasteiger partial charge in [0.1, 0.15) is 0 Å². The second-order valence-corrected chi connectivity index (χ2v) is 4.80. The third-order valence-corrected chi connectivity index (χ3v) is 3.64. The lowest BCUT2D eigenvalue weighted by Gasteiger charge is -2.35. The molecule has 0 saturated heterocycles. The van der Waals surface area contributed by atoms with E-state index in [1.54, 1.807) is 4.90 Å². The van der Waals surface area contributed by atoms with Crippen LogP contribution in [0, 0.1) is 6.92 Å². The SMILES string of the molecule is Cc1ccc2n1CCN(C(=O)CNC(=O)CN)C2C. The first-order chi connectivity index (χ1) is 9.04. The number of aromatic nitrogens is 1. The van der Waals surface area contributed by atoms with E-state index < -0.39 is 0 Å². The van der Waals surface area contributed by atoms with Crippen molar-refractivity contribution in [1.29, 1.82) is 0 Å². The summed E-state index contributed by atoms with van der Waals surface area (Å²) in [6, 6.07) is 4.15. The molecule has 19 heavy (non-hydrogen) atoms. The van der Waals surface area contributed by atoms with Gasteiger partial charge in [-0.1, -0.05) is 0 Å². The number of hydrogen-bond acceptors (Lipinski definition) is 3. The quantitative estimate of drug-likeness (QED) is 0.791. The Hall–Kier alpha value is -1.82. The molecule has 1 aliphatic rings. The fraction of sp³-hybridized carbons (Fsp3) is 0.538. The summed E-state index contributed by atoms with van der Waals surface area (Å²) in [5, 5.41) is 2.52. The maximum Gasteiger partial charge on any atom is 0.242 e. The monoisotopic (exact) mass is 264 g/mol. The molecule has 1 aromatic rings. The summed E-state index contributed by atoms with van der Waals surface area (Å²) >= 11 is 0. The first-order valence-corrected chi connectivity index (χ1v) is 6.47. The molecule has 0 fully saturated rings. The first-order valence-electron chi connectivity index (χ1n) is 6.47. The minimum Gasteiger partial charge on any atom is -0.346 e. The van der Waals surface area contributed by atoms with Gasteiger partial charge in [0, 0.05) is 24.5 Å². The highest BCUT2D eigenvalue weighted by molar-refractivity contribution is 5.85. The van der Waals surface area contributed by atoms with Crippen molar-refractivity contribution in [3.63, 3.8) is 0 Å². The van der Waals surface area contributed by atoms with Crippen molar-refractivity contribution in [2.75, 3.05) is 19.6 Å². The van der Waals surface area contributed by atoms with Crippen LogP contribution in [0.15, 0.2) is 12.1 Å². The number of fused-ring (bicyclic) bond motifs is 1. The maximum atomic E-state index is 12.1. The van der Waals surface area contributed by atoms with Crippen molar-refractivity contribution in [1.82, 2.24) is 14.8 Å². The smallest absolute Gasteiger partial charge is 0.242 e. The van der Waals surface area contributed by atoms with E-state index in [9.17, 15) is 9.59 Å². The summed E-state index contributed by atoms with van der Waals surface area (Å²) in [5.41, 5.74) is 7.54. The van der Waals surface area contributed by atoms with Gasteiger partial charge in [0.05, 0.1) is 19.1 Å². The van der Waals surface area contributed by atoms with Gasteiger partial charge < -0.3 is 20.5 Å². The topological polar surface area (TPSA) is 80.4 Å². The Balaban J connectivity index is 2.03. The van der Waals surface area contributed by atoms with Crippen LogP contribution in [-0.2, 0) is 16.1 Å². The number of carbonyl (C=O) groups is 2. The zero-order valence-electron chi connectivity index (χ0n) is 11.3. The Bertz CT molecular complexity index is 495. The highest BCUT2D eigenvalue weighted by atomic mass is 16.2. The Morgan fingerprint density at radius 1 is 1.42 bits per heavy atom. The van der Waals surface area contributed by atoms with E-state index in [4.69, 9.17) is 5.73 Å². The standard InChI is InChI=1S/C13H20N4O2/c1-9-3-4-11-10(2)17(6-5-16(9)11)13(19)8-15-12(18)7-14/h3-4,10H,5-8,14H2,1-2H3,(H,15,18). The molecule has 0 aliphatic carbocycles. The van der Waals surface area contributed by atoms with E-state index in [2.05, 4.69) is 28.9 Å². The molecule has 1 atom stereocenters. The average Bonchev–Trinajstić information content (AvgIpc) is 2.78. The van der Waals surface area contributed by atoms with Gasteiger partial charge in [-0.2, -0.15) is 0 Å². The van der Waals surface area contributed by atoms with Crippen LogP contribution in [-0.4, -0.2) is 40.9 Å². The third kappa shape index (κ3) is 2.63. The van der Waals surface area contributed by atoms with Crippen LogP contribution in [0.5, 0.6) is 0 Å². The van der Waals surface area contributed by atoms with Gasteiger partial charge in [0.15, 0.2) is 0 Å².